The fourth-order valence-electron chi connectivity index (χ4n) is 1.49. The average molecular weight is 281 g/mol. The molecule has 0 radical (unpaired) electrons. The van der Waals surface area contributed by atoms with Gasteiger partial charge in [-0.15, -0.1) is 0 Å². The van der Waals surface area contributed by atoms with Gasteiger partial charge in [-0.05, 0) is 42.0 Å². The molecule has 1 saturated heterocycles. The zero-order chi connectivity index (χ0) is 13.5. The minimum Gasteiger partial charge on any atom is -0.488 e. The molecular weight excluding hydrogens is 266 g/mol. The molecule has 3 N–H and O–H groups in total. The van der Waals surface area contributed by atoms with Gasteiger partial charge in [0.1, 0.15) is 12.4 Å². The number of ether oxygens (including phenoxy) is 3. The molecule has 0 unspecified atom stereocenters. The minimum atomic E-state index is -0.268. The molecule has 1 heterocycles. The molecule has 0 amide bonds. The van der Waals surface area contributed by atoms with Crippen molar-refractivity contribution in [1.82, 2.24) is 5.43 Å². The van der Waals surface area contributed by atoms with Gasteiger partial charge in [0.15, 0.2) is 11.4 Å². The second kappa shape index (κ2) is 7.03. The molecule has 6 nitrogen and oxygen atoms in total. The van der Waals surface area contributed by atoms with Gasteiger partial charge in [-0.25, -0.2) is 0 Å². The maximum Gasteiger partial charge on any atom is 0.191 e. The van der Waals surface area contributed by atoms with Gasteiger partial charge in [-0.2, -0.15) is 5.10 Å². The molecular formula is C12H15N3O3S. The van der Waals surface area contributed by atoms with Crippen LogP contribution in [-0.4, -0.2) is 37.4 Å². The van der Waals surface area contributed by atoms with E-state index in [0.717, 1.165) is 11.3 Å². The van der Waals surface area contributed by atoms with Gasteiger partial charge in [0.2, 0.25) is 0 Å². The average Bonchev–Trinajstić information content (AvgIpc) is 2.90. The summed E-state index contributed by atoms with van der Waals surface area (Å²) in [5.41, 5.74) is 8.64. The monoisotopic (exact) mass is 281 g/mol. The van der Waals surface area contributed by atoms with Crippen molar-refractivity contribution in [2.45, 2.75) is 6.29 Å². The number of benzene rings is 1. The summed E-state index contributed by atoms with van der Waals surface area (Å²) >= 11 is 4.63. The maximum absolute atomic E-state index is 5.54. The zero-order valence-corrected chi connectivity index (χ0v) is 11.1. The van der Waals surface area contributed by atoms with E-state index in [9.17, 15) is 0 Å². The maximum atomic E-state index is 5.54. The van der Waals surface area contributed by atoms with Crippen molar-refractivity contribution in [1.29, 1.82) is 0 Å². The first-order valence-electron chi connectivity index (χ1n) is 5.78. The lowest BCUT2D eigenvalue weighted by atomic mass is 10.2. The van der Waals surface area contributed by atoms with E-state index in [1.807, 2.05) is 24.3 Å². The molecule has 1 aromatic carbocycles. The Morgan fingerprint density at radius 3 is 2.74 bits per heavy atom. The molecule has 19 heavy (non-hydrogen) atoms. The topological polar surface area (TPSA) is 78.1 Å². The third kappa shape index (κ3) is 4.82. The lowest BCUT2D eigenvalue weighted by Gasteiger charge is -2.10. The summed E-state index contributed by atoms with van der Waals surface area (Å²) in [5.74, 6) is 0.749. The van der Waals surface area contributed by atoms with Gasteiger partial charge in [-0.1, -0.05) is 0 Å². The first-order valence-corrected chi connectivity index (χ1v) is 6.19. The van der Waals surface area contributed by atoms with Crippen LogP contribution in [0.15, 0.2) is 29.4 Å². The van der Waals surface area contributed by atoms with E-state index in [2.05, 4.69) is 22.7 Å². The van der Waals surface area contributed by atoms with Crippen LogP contribution in [0.1, 0.15) is 5.56 Å². The number of rotatable bonds is 5. The molecule has 7 heteroatoms. The number of hydrogen-bond donors (Lipinski definition) is 2. The van der Waals surface area contributed by atoms with E-state index in [1.54, 1.807) is 6.21 Å². The highest BCUT2D eigenvalue weighted by Gasteiger charge is 2.16. The Hall–Kier alpha value is -1.70. The molecule has 1 aromatic rings. The van der Waals surface area contributed by atoms with Crippen LogP contribution >= 0.6 is 12.2 Å². The molecule has 0 aliphatic carbocycles. The van der Waals surface area contributed by atoms with Crippen molar-refractivity contribution in [2.24, 2.45) is 10.8 Å². The molecule has 0 bridgehead atoms. The van der Waals surface area contributed by atoms with Crippen LogP contribution in [0, 0.1) is 0 Å². The molecule has 0 aromatic heterocycles. The number of nitrogens with one attached hydrogen (secondary N) is 1. The van der Waals surface area contributed by atoms with Crippen LogP contribution in [0.5, 0.6) is 5.75 Å². The van der Waals surface area contributed by atoms with Crippen LogP contribution < -0.4 is 15.9 Å². The first-order chi connectivity index (χ1) is 9.24. The van der Waals surface area contributed by atoms with Gasteiger partial charge in [0.25, 0.3) is 0 Å². The van der Waals surface area contributed by atoms with Crippen molar-refractivity contribution < 1.29 is 14.2 Å². The molecule has 2 rings (SSSR count). The van der Waals surface area contributed by atoms with Gasteiger partial charge in [-0.3, -0.25) is 5.43 Å². The van der Waals surface area contributed by atoms with Gasteiger partial charge in [0.05, 0.1) is 19.4 Å². The van der Waals surface area contributed by atoms with E-state index in [0.29, 0.717) is 19.8 Å². The minimum absolute atomic E-state index is 0.132. The SMILES string of the molecule is NC(=S)NN=Cc1ccc(OCC2OCCO2)cc1. The lowest BCUT2D eigenvalue weighted by molar-refractivity contribution is -0.0684. The molecule has 102 valence electrons. The molecule has 0 saturated carbocycles. The highest BCUT2D eigenvalue weighted by atomic mass is 32.1. The van der Waals surface area contributed by atoms with Crippen molar-refractivity contribution >= 4 is 23.5 Å². The number of hydrogen-bond acceptors (Lipinski definition) is 5. The van der Waals surface area contributed by atoms with Crippen LogP contribution in [0.2, 0.25) is 0 Å². The van der Waals surface area contributed by atoms with Crippen LogP contribution in [0.25, 0.3) is 0 Å². The second-order valence-corrected chi connectivity index (χ2v) is 4.23. The van der Waals surface area contributed by atoms with E-state index in [1.165, 1.54) is 0 Å². The van der Waals surface area contributed by atoms with Gasteiger partial charge in [0, 0.05) is 0 Å². The molecule has 1 aliphatic heterocycles. The van der Waals surface area contributed by atoms with Crippen LogP contribution in [-0.2, 0) is 9.47 Å². The standard InChI is InChI=1S/C12H15N3O3S/c13-12(19)15-14-7-9-1-3-10(4-2-9)18-8-11-16-5-6-17-11/h1-4,7,11H,5-6,8H2,(H3,13,15,19). The zero-order valence-electron chi connectivity index (χ0n) is 10.2. The highest BCUT2D eigenvalue weighted by molar-refractivity contribution is 7.80. The molecule has 1 aliphatic rings. The Morgan fingerprint density at radius 1 is 1.42 bits per heavy atom. The van der Waals surface area contributed by atoms with Crippen molar-refractivity contribution in [3.63, 3.8) is 0 Å². The van der Waals surface area contributed by atoms with Crippen molar-refractivity contribution in [2.75, 3.05) is 19.8 Å². The van der Waals surface area contributed by atoms with Gasteiger partial charge < -0.3 is 19.9 Å². The van der Waals surface area contributed by atoms with Crippen molar-refractivity contribution in [3.05, 3.63) is 29.8 Å². The molecule has 1 fully saturated rings. The lowest BCUT2D eigenvalue weighted by Crippen LogP contribution is -2.23. The summed E-state index contributed by atoms with van der Waals surface area (Å²) in [6.07, 6.45) is 1.35. The quantitative estimate of drug-likeness (QED) is 0.468. The number of thiocarbonyl (C=S) groups is 1. The highest BCUT2D eigenvalue weighted by Crippen LogP contribution is 2.13. The summed E-state index contributed by atoms with van der Waals surface area (Å²) in [4.78, 5) is 0. The summed E-state index contributed by atoms with van der Waals surface area (Å²) in [7, 11) is 0. The summed E-state index contributed by atoms with van der Waals surface area (Å²) in [6, 6.07) is 7.43. The number of hydrazone groups is 1. The molecule has 0 atom stereocenters. The van der Waals surface area contributed by atoms with Crippen LogP contribution in [0.3, 0.4) is 0 Å². The van der Waals surface area contributed by atoms with E-state index < -0.39 is 0 Å². The Kier molecular flexibility index (Phi) is 5.08. The fourth-order valence-corrected chi connectivity index (χ4v) is 1.54. The van der Waals surface area contributed by atoms with Crippen LogP contribution in [0.4, 0.5) is 0 Å². The normalized spacial score (nSPS) is 15.8. The third-order valence-corrected chi connectivity index (χ3v) is 2.44. The Bertz CT molecular complexity index is 444. The third-order valence-electron chi connectivity index (χ3n) is 2.35. The largest absolute Gasteiger partial charge is 0.488 e. The summed E-state index contributed by atoms with van der Waals surface area (Å²) < 4.78 is 16.1. The molecule has 0 spiro atoms. The summed E-state index contributed by atoms with van der Waals surface area (Å²) in [6.45, 7) is 1.63. The Balaban J connectivity index is 1.80. The smallest absolute Gasteiger partial charge is 0.191 e. The Labute approximate surface area is 116 Å². The fraction of sp³-hybridized carbons (Fsp3) is 0.333. The van der Waals surface area contributed by atoms with Crippen molar-refractivity contribution in [3.8, 4) is 5.75 Å². The van der Waals surface area contributed by atoms with E-state index >= 15 is 0 Å². The summed E-state index contributed by atoms with van der Waals surface area (Å²) in [5, 5.41) is 3.99. The first kappa shape index (κ1) is 13.7. The van der Waals surface area contributed by atoms with Gasteiger partial charge >= 0.3 is 0 Å². The predicted molar refractivity (Wildman–Crippen MR) is 75.1 cm³/mol. The predicted octanol–water partition coefficient (Wildman–Crippen LogP) is 0.605. The van der Waals surface area contributed by atoms with E-state index in [-0.39, 0.29) is 11.4 Å². The number of nitrogens with zero attached hydrogens (tertiary/aromatic N) is 1. The second-order valence-electron chi connectivity index (χ2n) is 3.79. The Morgan fingerprint density at radius 2 is 2.11 bits per heavy atom. The number of nitrogens with two attached hydrogens (primary N) is 1. The van der Waals surface area contributed by atoms with E-state index in [4.69, 9.17) is 19.9 Å².